The van der Waals surface area contributed by atoms with E-state index in [0.29, 0.717) is 60.4 Å². The number of morpholine rings is 1. The minimum Gasteiger partial charge on any atom is -0.378 e. The first kappa shape index (κ1) is 20.4. The third-order valence-electron chi connectivity index (χ3n) is 5.44. The van der Waals surface area contributed by atoms with E-state index in [1.807, 2.05) is 4.90 Å². The summed E-state index contributed by atoms with van der Waals surface area (Å²) in [5, 5.41) is 14.0. The van der Waals surface area contributed by atoms with Gasteiger partial charge in [-0.15, -0.1) is 0 Å². The number of nitrogens with one attached hydrogen (secondary N) is 1. The van der Waals surface area contributed by atoms with Gasteiger partial charge in [-0.1, -0.05) is 12.1 Å². The van der Waals surface area contributed by atoms with E-state index in [-0.39, 0.29) is 12.0 Å². The smallest absolute Gasteiger partial charge is 0.378 e. The van der Waals surface area contributed by atoms with Gasteiger partial charge < -0.3 is 9.64 Å². The highest BCUT2D eigenvalue weighted by Gasteiger charge is 2.33. The Kier molecular flexibility index (Phi) is 5.29. The van der Waals surface area contributed by atoms with Crippen molar-refractivity contribution < 1.29 is 23.1 Å². The number of nitrogens with zero attached hydrogens (tertiary/aromatic N) is 4. The van der Waals surface area contributed by atoms with Crippen LogP contribution in [0, 0.1) is 13.8 Å². The first-order valence-electron chi connectivity index (χ1n) is 9.57. The molecule has 0 bridgehead atoms. The Hall–Kier alpha value is -2.85. The summed E-state index contributed by atoms with van der Waals surface area (Å²) in [6.07, 6.45) is -4.17. The molecule has 7 nitrogen and oxygen atoms in total. The highest BCUT2D eigenvalue weighted by Crippen LogP contribution is 2.34. The zero-order valence-corrected chi connectivity index (χ0v) is 16.6. The third-order valence-corrected chi connectivity index (χ3v) is 5.44. The number of halogens is 3. The van der Waals surface area contributed by atoms with Gasteiger partial charge in [0.15, 0.2) is 11.5 Å². The Morgan fingerprint density at radius 3 is 2.60 bits per heavy atom. The molecule has 3 aromatic rings. The predicted molar refractivity (Wildman–Crippen MR) is 105 cm³/mol. The molecular weight excluding hydrogens is 399 g/mol. The van der Waals surface area contributed by atoms with Gasteiger partial charge in [0.05, 0.1) is 24.5 Å². The SMILES string of the molecule is Cc1nn2c(NO)cc(N3CCOCC3)nc2c1Cc1cccc(C(F)(F)F)c1C. The van der Waals surface area contributed by atoms with E-state index < -0.39 is 11.7 Å². The molecule has 0 spiro atoms. The molecule has 2 aromatic heterocycles. The summed E-state index contributed by atoms with van der Waals surface area (Å²) in [7, 11) is 0. The number of rotatable bonds is 4. The van der Waals surface area contributed by atoms with Crippen LogP contribution in [0.4, 0.5) is 24.8 Å². The Labute approximate surface area is 171 Å². The van der Waals surface area contributed by atoms with Crippen LogP contribution in [-0.4, -0.2) is 46.1 Å². The number of ether oxygens (including phenoxy) is 1. The largest absolute Gasteiger partial charge is 0.416 e. The average Bonchev–Trinajstić information content (AvgIpc) is 3.04. The van der Waals surface area contributed by atoms with Gasteiger partial charge in [0.2, 0.25) is 0 Å². The van der Waals surface area contributed by atoms with Crippen LogP contribution in [0.3, 0.4) is 0 Å². The Bertz CT molecular complexity index is 1070. The first-order chi connectivity index (χ1) is 14.3. The maximum atomic E-state index is 13.3. The number of benzene rings is 1. The number of fused-ring (bicyclic) bond motifs is 1. The molecule has 0 unspecified atom stereocenters. The van der Waals surface area contributed by atoms with Crippen molar-refractivity contribution in [1.82, 2.24) is 14.6 Å². The van der Waals surface area contributed by atoms with Gasteiger partial charge in [0.1, 0.15) is 5.82 Å². The molecule has 1 saturated heterocycles. The zero-order chi connectivity index (χ0) is 21.5. The van der Waals surface area contributed by atoms with Crippen molar-refractivity contribution in [2.24, 2.45) is 0 Å². The summed E-state index contributed by atoms with van der Waals surface area (Å²) in [4.78, 5) is 6.76. The van der Waals surface area contributed by atoms with Gasteiger partial charge in [-0.2, -0.15) is 22.8 Å². The molecule has 160 valence electrons. The normalized spacial score (nSPS) is 15.1. The van der Waals surface area contributed by atoms with Crippen LogP contribution in [0.2, 0.25) is 0 Å². The van der Waals surface area contributed by atoms with E-state index in [1.54, 1.807) is 19.1 Å². The number of aryl methyl sites for hydroxylation is 1. The second-order valence-electron chi connectivity index (χ2n) is 7.27. The van der Waals surface area contributed by atoms with Crippen molar-refractivity contribution in [1.29, 1.82) is 0 Å². The van der Waals surface area contributed by atoms with E-state index in [1.165, 1.54) is 17.5 Å². The van der Waals surface area contributed by atoms with Gasteiger partial charge in [0.25, 0.3) is 0 Å². The lowest BCUT2D eigenvalue weighted by Gasteiger charge is -2.28. The number of alkyl halides is 3. The first-order valence-corrected chi connectivity index (χ1v) is 9.57. The lowest BCUT2D eigenvalue weighted by Crippen LogP contribution is -2.36. The molecule has 10 heteroatoms. The van der Waals surface area contributed by atoms with Crippen LogP contribution in [0.15, 0.2) is 24.3 Å². The maximum absolute atomic E-state index is 13.3. The highest BCUT2D eigenvalue weighted by molar-refractivity contribution is 5.63. The van der Waals surface area contributed by atoms with E-state index in [4.69, 9.17) is 9.72 Å². The predicted octanol–water partition coefficient (Wildman–Crippen LogP) is 3.59. The zero-order valence-electron chi connectivity index (χ0n) is 16.6. The molecule has 0 amide bonds. The maximum Gasteiger partial charge on any atom is 0.416 e. The fourth-order valence-electron chi connectivity index (χ4n) is 3.77. The quantitative estimate of drug-likeness (QED) is 0.627. The monoisotopic (exact) mass is 421 g/mol. The Morgan fingerprint density at radius 2 is 1.93 bits per heavy atom. The molecule has 1 aliphatic rings. The van der Waals surface area contributed by atoms with Crippen molar-refractivity contribution in [3.8, 4) is 0 Å². The molecule has 30 heavy (non-hydrogen) atoms. The fraction of sp³-hybridized carbons (Fsp3) is 0.400. The molecule has 0 saturated carbocycles. The Balaban J connectivity index is 1.81. The van der Waals surface area contributed by atoms with E-state index >= 15 is 0 Å². The standard InChI is InChI=1S/C20H22F3N5O2/c1-12-14(4-3-5-16(12)20(21,22)23)10-15-13(2)25-28-18(26-29)11-17(24-19(15)28)27-6-8-30-9-7-27/h3-5,11,26,29H,6-10H2,1-2H3. The summed E-state index contributed by atoms with van der Waals surface area (Å²) in [6, 6.07) is 5.87. The lowest BCUT2D eigenvalue weighted by molar-refractivity contribution is -0.138. The van der Waals surface area contributed by atoms with Gasteiger partial charge in [-0.3, -0.25) is 10.7 Å². The second-order valence-corrected chi connectivity index (χ2v) is 7.27. The minimum absolute atomic E-state index is 0.189. The van der Waals surface area contributed by atoms with Crippen molar-refractivity contribution in [2.45, 2.75) is 26.4 Å². The topological polar surface area (TPSA) is 74.9 Å². The summed E-state index contributed by atoms with van der Waals surface area (Å²) in [5.74, 6) is 0.973. The minimum atomic E-state index is -4.41. The van der Waals surface area contributed by atoms with Crippen LogP contribution >= 0.6 is 0 Å². The van der Waals surface area contributed by atoms with Crippen molar-refractivity contribution in [3.05, 3.63) is 52.2 Å². The number of aromatic nitrogens is 3. The molecule has 3 heterocycles. The van der Waals surface area contributed by atoms with Crippen molar-refractivity contribution in [3.63, 3.8) is 0 Å². The number of hydrogen-bond donors (Lipinski definition) is 2. The van der Waals surface area contributed by atoms with Gasteiger partial charge in [0, 0.05) is 31.1 Å². The molecule has 1 aromatic carbocycles. The summed E-state index contributed by atoms with van der Waals surface area (Å²) < 4.78 is 46.8. The van der Waals surface area contributed by atoms with Gasteiger partial charge in [-0.05, 0) is 31.0 Å². The number of anilines is 2. The third kappa shape index (κ3) is 3.68. The van der Waals surface area contributed by atoms with E-state index in [9.17, 15) is 18.4 Å². The average molecular weight is 421 g/mol. The fourth-order valence-corrected chi connectivity index (χ4v) is 3.77. The van der Waals surface area contributed by atoms with Crippen LogP contribution in [0.25, 0.3) is 5.65 Å². The van der Waals surface area contributed by atoms with Crippen LogP contribution in [-0.2, 0) is 17.3 Å². The summed E-state index contributed by atoms with van der Waals surface area (Å²) in [5.41, 5.74) is 4.08. The van der Waals surface area contributed by atoms with Crippen molar-refractivity contribution in [2.75, 3.05) is 36.7 Å². The molecule has 2 N–H and O–H groups in total. The van der Waals surface area contributed by atoms with Crippen LogP contribution in [0.5, 0.6) is 0 Å². The molecular formula is C20H22F3N5O2. The molecule has 0 radical (unpaired) electrons. The van der Waals surface area contributed by atoms with Crippen molar-refractivity contribution >= 4 is 17.3 Å². The van der Waals surface area contributed by atoms with Crippen LogP contribution < -0.4 is 10.4 Å². The lowest BCUT2D eigenvalue weighted by atomic mass is 9.96. The number of hydrogen-bond acceptors (Lipinski definition) is 6. The Morgan fingerprint density at radius 1 is 1.20 bits per heavy atom. The van der Waals surface area contributed by atoms with Crippen LogP contribution in [0.1, 0.15) is 27.9 Å². The second kappa shape index (κ2) is 7.77. The van der Waals surface area contributed by atoms with Gasteiger partial charge >= 0.3 is 6.18 Å². The molecule has 1 aliphatic heterocycles. The van der Waals surface area contributed by atoms with Gasteiger partial charge in [-0.25, -0.2) is 4.98 Å². The van der Waals surface area contributed by atoms with E-state index in [2.05, 4.69) is 10.6 Å². The molecule has 1 fully saturated rings. The summed E-state index contributed by atoms with van der Waals surface area (Å²) in [6.45, 7) is 5.72. The van der Waals surface area contributed by atoms with E-state index in [0.717, 1.165) is 6.07 Å². The highest BCUT2D eigenvalue weighted by atomic mass is 19.4. The summed E-state index contributed by atoms with van der Waals surface area (Å²) >= 11 is 0. The molecule has 0 aliphatic carbocycles. The molecule has 0 atom stereocenters. The molecule has 4 rings (SSSR count).